The molecule has 0 saturated carbocycles. The van der Waals surface area contributed by atoms with Gasteiger partial charge in [-0.15, -0.1) is 0 Å². The van der Waals surface area contributed by atoms with Crippen molar-refractivity contribution in [3.8, 4) is 5.75 Å². The summed E-state index contributed by atoms with van der Waals surface area (Å²) in [6, 6.07) is 15.7. The van der Waals surface area contributed by atoms with E-state index in [4.69, 9.17) is 4.74 Å². The first kappa shape index (κ1) is 17.0. The number of amides is 1. The first-order valence-electron chi connectivity index (χ1n) is 8.27. The maximum Gasteiger partial charge on any atom is 0.223 e. The summed E-state index contributed by atoms with van der Waals surface area (Å²) < 4.78 is 5.76. The zero-order valence-corrected chi connectivity index (χ0v) is 14.1. The van der Waals surface area contributed by atoms with Gasteiger partial charge in [0.15, 0.2) is 0 Å². The number of ether oxygens (including phenoxy) is 1. The molecule has 25 heavy (non-hydrogen) atoms. The molecule has 130 valence electrons. The number of carboxylic acids is 1. The number of aryl methyl sites for hydroxylation is 1. The van der Waals surface area contributed by atoms with Gasteiger partial charge in [0.05, 0.1) is 0 Å². The SMILES string of the molecule is Cc1ccc(COc2ccc(CN3C[C@@H](C(=O)[O-])CC3=O)cc2)cc1. The van der Waals surface area contributed by atoms with Crippen LogP contribution in [0.4, 0.5) is 0 Å². The number of carboxylic acid groups (broad SMARTS) is 1. The molecule has 1 saturated heterocycles. The van der Waals surface area contributed by atoms with E-state index in [-0.39, 0.29) is 18.9 Å². The fourth-order valence-corrected chi connectivity index (χ4v) is 2.85. The van der Waals surface area contributed by atoms with Gasteiger partial charge in [-0.2, -0.15) is 0 Å². The number of rotatable bonds is 6. The standard InChI is InChI=1S/C20H21NO4/c1-14-2-4-16(5-3-14)13-25-18-8-6-15(7-9-18)11-21-12-17(20(23)24)10-19(21)22/h2-9,17H,10-13H2,1H3,(H,23,24)/p-1/t17-/m0/s1. The van der Waals surface area contributed by atoms with E-state index in [9.17, 15) is 14.7 Å². The Labute approximate surface area is 146 Å². The maximum atomic E-state index is 11.9. The summed E-state index contributed by atoms with van der Waals surface area (Å²) in [5.41, 5.74) is 3.26. The van der Waals surface area contributed by atoms with Crippen molar-refractivity contribution in [2.24, 2.45) is 5.92 Å². The molecule has 3 rings (SSSR count). The maximum absolute atomic E-state index is 11.9. The molecule has 1 heterocycles. The molecule has 1 atom stereocenters. The largest absolute Gasteiger partial charge is 0.550 e. The van der Waals surface area contributed by atoms with E-state index in [1.165, 1.54) is 5.56 Å². The lowest BCUT2D eigenvalue weighted by Crippen LogP contribution is -2.33. The Morgan fingerprint density at radius 1 is 1.12 bits per heavy atom. The summed E-state index contributed by atoms with van der Waals surface area (Å²) in [5.74, 6) is -1.25. The Morgan fingerprint density at radius 2 is 1.76 bits per heavy atom. The second-order valence-corrected chi connectivity index (χ2v) is 6.41. The Morgan fingerprint density at radius 3 is 2.36 bits per heavy atom. The second-order valence-electron chi connectivity index (χ2n) is 6.41. The van der Waals surface area contributed by atoms with Gasteiger partial charge in [-0.05, 0) is 30.2 Å². The molecule has 0 radical (unpaired) electrons. The van der Waals surface area contributed by atoms with Crippen LogP contribution in [0.25, 0.3) is 0 Å². The molecule has 0 aliphatic carbocycles. The number of likely N-dealkylation sites (tertiary alicyclic amines) is 1. The Kier molecular flexibility index (Phi) is 5.03. The number of hydrogen-bond donors (Lipinski definition) is 0. The van der Waals surface area contributed by atoms with E-state index in [0.29, 0.717) is 13.2 Å². The lowest BCUT2D eigenvalue weighted by molar-refractivity contribution is -0.311. The van der Waals surface area contributed by atoms with Gasteiger partial charge >= 0.3 is 0 Å². The Bertz CT molecular complexity index is 752. The third kappa shape index (κ3) is 4.38. The van der Waals surface area contributed by atoms with Crippen LogP contribution in [-0.2, 0) is 22.7 Å². The number of hydrogen-bond acceptors (Lipinski definition) is 4. The van der Waals surface area contributed by atoms with Gasteiger partial charge in [-0.25, -0.2) is 0 Å². The Hall–Kier alpha value is -2.82. The first-order valence-corrected chi connectivity index (χ1v) is 8.27. The van der Waals surface area contributed by atoms with E-state index in [0.717, 1.165) is 16.9 Å². The van der Waals surface area contributed by atoms with Crippen LogP contribution in [0, 0.1) is 12.8 Å². The van der Waals surface area contributed by atoms with Crippen LogP contribution in [0.1, 0.15) is 23.1 Å². The minimum atomic E-state index is -1.16. The molecule has 2 aromatic rings. The van der Waals surface area contributed by atoms with E-state index >= 15 is 0 Å². The smallest absolute Gasteiger partial charge is 0.223 e. The summed E-state index contributed by atoms with van der Waals surface area (Å²) in [6.07, 6.45) is 0.0279. The average molecular weight is 338 g/mol. The van der Waals surface area contributed by atoms with Crippen LogP contribution >= 0.6 is 0 Å². The van der Waals surface area contributed by atoms with Crippen molar-refractivity contribution in [3.05, 3.63) is 65.2 Å². The van der Waals surface area contributed by atoms with E-state index in [2.05, 4.69) is 12.1 Å². The van der Waals surface area contributed by atoms with E-state index in [1.807, 2.05) is 43.3 Å². The number of aliphatic carboxylic acids is 1. The molecule has 0 spiro atoms. The van der Waals surface area contributed by atoms with Crippen LogP contribution in [0.5, 0.6) is 5.75 Å². The fraction of sp³-hybridized carbons (Fsp3) is 0.300. The Balaban J connectivity index is 1.54. The molecule has 1 amide bonds. The highest BCUT2D eigenvalue weighted by Crippen LogP contribution is 2.21. The topological polar surface area (TPSA) is 69.7 Å². The van der Waals surface area contributed by atoms with Gasteiger partial charge in [0.25, 0.3) is 0 Å². The second kappa shape index (κ2) is 7.38. The van der Waals surface area contributed by atoms with E-state index in [1.54, 1.807) is 4.90 Å². The third-order valence-corrected chi connectivity index (χ3v) is 4.37. The summed E-state index contributed by atoms with van der Waals surface area (Å²) in [7, 11) is 0. The van der Waals surface area contributed by atoms with Gasteiger partial charge in [0.1, 0.15) is 12.4 Å². The highest BCUT2D eigenvalue weighted by Gasteiger charge is 2.30. The molecule has 2 aromatic carbocycles. The highest BCUT2D eigenvalue weighted by molar-refractivity contribution is 5.85. The molecule has 5 heteroatoms. The molecule has 1 fully saturated rings. The first-order chi connectivity index (χ1) is 12.0. The third-order valence-electron chi connectivity index (χ3n) is 4.37. The summed E-state index contributed by atoms with van der Waals surface area (Å²) >= 11 is 0. The summed E-state index contributed by atoms with van der Waals surface area (Å²) in [4.78, 5) is 24.3. The lowest BCUT2D eigenvalue weighted by atomic mass is 10.1. The normalized spacial score (nSPS) is 16.9. The highest BCUT2D eigenvalue weighted by atomic mass is 16.5. The predicted molar refractivity (Wildman–Crippen MR) is 90.5 cm³/mol. The van der Waals surface area contributed by atoms with Crippen molar-refractivity contribution in [3.63, 3.8) is 0 Å². The summed E-state index contributed by atoms with van der Waals surface area (Å²) in [5, 5.41) is 10.9. The van der Waals surface area contributed by atoms with E-state index < -0.39 is 11.9 Å². The molecule has 1 aliphatic rings. The molecular weight excluding hydrogens is 318 g/mol. The van der Waals surface area contributed by atoms with Crippen molar-refractivity contribution in [1.82, 2.24) is 4.90 Å². The van der Waals surface area contributed by atoms with Crippen molar-refractivity contribution in [2.45, 2.75) is 26.5 Å². The molecule has 0 unspecified atom stereocenters. The monoisotopic (exact) mass is 338 g/mol. The van der Waals surface area contributed by atoms with Gasteiger partial charge in [-0.1, -0.05) is 42.0 Å². The van der Waals surface area contributed by atoms with Crippen LogP contribution in [0.2, 0.25) is 0 Å². The number of benzene rings is 2. The molecule has 0 N–H and O–H groups in total. The van der Waals surface area contributed by atoms with Gasteiger partial charge < -0.3 is 19.5 Å². The molecule has 0 aromatic heterocycles. The fourth-order valence-electron chi connectivity index (χ4n) is 2.85. The molecule has 0 bridgehead atoms. The number of carbonyl (C=O) groups is 2. The van der Waals surface area contributed by atoms with Gasteiger partial charge in [0, 0.05) is 31.4 Å². The van der Waals surface area contributed by atoms with Crippen LogP contribution in [0.3, 0.4) is 0 Å². The average Bonchev–Trinajstić information content (AvgIpc) is 2.97. The molecular formula is C20H20NO4-. The molecule has 5 nitrogen and oxygen atoms in total. The van der Waals surface area contributed by atoms with Gasteiger partial charge in [-0.3, -0.25) is 4.79 Å². The zero-order valence-electron chi connectivity index (χ0n) is 14.1. The number of nitrogens with zero attached hydrogens (tertiary/aromatic N) is 1. The van der Waals surface area contributed by atoms with Crippen LogP contribution in [0.15, 0.2) is 48.5 Å². The quantitative estimate of drug-likeness (QED) is 0.803. The molecule has 1 aliphatic heterocycles. The van der Waals surface area contributed by atoms with Gasteiger partial charge in [0.2, 0.25) is 5.91 Å². The van der Waals surface area contributed by atoms with Crippen LogP contribution < -0.4 is 9.84 Å². The zero-order chi connectivity index (χ0) is 17.8. The van der Waals surface area contributed by atoms with Crippen LogP contribution in [-0.4, -0.2) is 23.3 Å². The predicted octanol–water partition coefficient (Wildman–Crippen LogP) is 1.67. The van der Waals surface area contributed by atoms with Crippen molar-refractivity contribution in [1.29, 1.82) is 0 Å². The lowest BCUT2D eigenvalue weighted by Gasteiger charge is -2.17. The minimum absolute atomic E-state index is 0.0279. The van der Waals surface area contributed by atoms with Crippen molar-refractivity contribution >= 4 is 11.9 Å². The van der Waals surface area contributed by atoms with Crippen molar-refractivity contribution in [2.75, 3.05) is 6.54 Å². The minimum Gasteiger partial charge on any atom is -0.550 e. The number of carbonyl (C=O) groups excluding carboxylic acids is 2. The summed E-state index contributed by atoms with van der Waals surface area (Å²) in [6.45, 7) is 3.16. The van der Waals surface area contributed by atoms with Crippen molar-refractivity contribution < 1.29 is 19.4 Å².